The van der Waals surface area contributed by atoms with Crippen LogP contribution < -0.4 is 0 Å². The fourth-order valence-corrected chi connectivity index (χ4v) is 0.483. The van der Waals surface area contributed by atoms with Crippen LogP contribution in [0.25, 0.3) is 0 Å². The molecule has 74 valence electrons. The van der Waals surface area contributed by atoms with Crippen molar-refractivity contribution >= 4 is 0 Å². The highest BCUT2D eigenvalue weighted by Gasteiger charge is 2.28. The van der Waals surface area contributed by atoms with E-state index in [1.54, 1.807) is 13.0 Å². The van der Waals surface area contributed by atoms with Gasteiger partial charge in [-0.1, -0.05) is 30.9 Å². The summed E-state index contributed by atoms with van der Waals surface area (Å²) in [5, 5.41) is 0. The quantitative estimate of drug-likeness (QED) is 0.621. The van der Waals surface area contributed by atoms with Crippen LogP contribution >= 0.6 is 0 Å². The van der Waals surface area contributed by atoms with Gasteiger partial charge in [0.15, 0.2) is 0 Å². The lowest BCUT2D eigenvalue weighted by Gasteiger charge is -2.06. The third-order valence-corrected chi connectivity index (χ3v) is 1.02. The summed E-state index contributed by atoms with van der Waals surface area (Å²) < 4.78 is 38.1. The number of ether oxygens (including phenoxy) is 1. The monoisotopic (exact) mass is 192 g/mol. The molecule has 0 fully saturated rings. The van der Waals surface area contributed by atoms with E-state index < -0.39 is 13.0 Å². The van der Waals surface area contributed by atoms with E-state index in [1.165, 1.54) is 6.08 Å². The normalized spacial score (nSPS) is 12.0. The number of rotatable bonds is 4. The Morgan fingerprint density at radius 1 is 1.31 bits per heavy atom. The molecule has 0 radical (unpaired) electrons. The number of hydrogen-bond donors (Lipinski definition) is 0. The molecule has 0 aromatic carbocycles. The van der Waals surface area contributed by atoms with Crippen LogP contribution in [0.3, 0.4) is 0 Å². The van der Waals surface area contributed by atoms with Crippen LogP contribution in [0.1, 0.15) is 6.92 Å². The zero-order valence-corrected chi connectivity index (χ0v) is 7.32. The molecule has 0 spiro atoms. The summed E-state index contributed by atoms with van der Waals surface area (Å²) in [6, 6.07) is 0. The first-order valence-corrected chi connectivity index (χ1v) is 3.53. The molecule has 0 aliphatic heterocycles. The average molecular weight is 192 g/mol. The minimum Gasteiger partial charge on any atom is -0.287 e. The Morgan fingerprint density at radius 2 is 1.85 bits per heavy atom. The van der Waals surface area contributed by atoms with Gasteiger partial charge in [0.2, 0.25) is 0 Å². The van der Waals surface area contributed by atoms with Crippen LogP contribution in [0.5, 0.6) is 0 Å². The Balaban J connectivity index is 3.83. The number of alkyl halides is 3. The maximum Gasteiger partial charge on any atom is 0.522 e. The molecular weight excluding hydrogens is 181 g/mol. The fourth-order valence-electron chi connectivity index (χ4n) is 0.483. The molecule has 0 atom stereocenters. The molecule has 0 unspecified atom stereocenters. The first-order chi connectivity index (χ1) is 5.81. The van der Waals surface area contributed by atoms with E-state index >= 15 is 0 Å². The van der Waals surface area contributed by atoms with Crippen molar-refractivity contribution < 1.29 is 17.9 Å². The van der Waals surface area contributed by atoms with Crippen molar-refractivity contribution in [3.05, 3.63) is 36.5 Å². The number of hydrogen-bond acceptors (Lipinski definition) is 1. The van der Waals surface area contributed by atoms with E-state index in [-0.39, 0.29) is 5.57 Å². The van der Waals surface area contributed by atoms with Gasteiger partial charge in [0.05, 0.1) is 6.61 Å². The highest BCUT2D eigenvalue weighted by Crippen LogP contribution is 2.17. The van der Waals surface area contributed by atoms with Crippen molar-refractivity contribution in [2.24, 2.45) is 0 Å². The Kier molecular flexibility index (Phi) is 4.48. The van der Waals surface area contributed by atoms with Gasteiger partial charge in [0.1, 0.15) is 0 Å². The van der Waals surface area contributed by atoms with Gasteiger partial charge >= 0.3 is 6.36 Å². The van der Waals surface area contributed by atoms with Crippen molar-refractivity contribution in [2.45, 2.75) is 13.3 Å². The minimum absolute atomic E-state index is 0.250. The molecule has 0 saturated carbocycles. The van der Waals surface area contributed by atoms with Gasteiger partial charge in [-0.2, -0.15) is 0 Å². The highest BCUT2D eigenvalue weighted by atomic mass is 19.4. The zero-order chi connectivity index (χ0) is 10.5. The lowest BCUT2D eigenvalue weighted by Crippen LogP contribution is -2.14. The summed E-state index contributed by atoms with van der Waals surface area (Å²) in [5.74, 6) is 0. The number of allylic oxidation sites excluding steroid dienone is 2. The topological polar surface area (TPSA) is 9.23 Å². The van der Waals surface area contributed by atoms with Crippen molar-refractivity contribution in [1.29, 1.82) is 0 Å². The smallest absolute Gasteiger partial charge is 0.287 e. The van der Waals surface area contributed by atoms with Crippen LogP contribution in [-0.4, -0.2) is 13.0 Å². The Labute approximate surface area is 75.2 Å². The molecule has 0 bridgehead atoms. The maximum atomic E-state index is 11.5. The van der Waals surface area contributed by atoms with E-state index in [0.29, 0.717) is 0 Å². The number of halogens is 3. The molecule has 4 heteroatoms. The van der Waals surface area contributed by atoms with Crippen molar-refractivity contribution in [1.82, 2.24) is 0 Å². The second-order valence-electron chi connectivity index (χ2n) is 2.57. The summed E-state index contributed by atoms with van der Waals surface area (Å²) in [4.78, 5) is 0. The molecule has 0 aromatic rings. The van der Waals surface area contributed by atoms with Gasteiger partial charge in [-0.3, -0.25) is 4.74 Å². The summed E-state index contributed by atoms with van der Waals surface area (Å²) >= 11 is 0. The van der Waals surface area contributed by atoms with Crippen LogP contribution in [0, 0.1) is 0 Å². The fraction of sp³-hybridized carbons (Fsp3) is 0.333. The van der Waals surface area contributed by atoms with E-state index in [1.807, 2.05) is 0 Å². The third-order valence-electron chi connectivity index (χ3n) is 1.02. The van der Waals surface area contributed by atoms with Crippen molar-refractivity contribution in [2.75, 3.05) is 6.61 Å². The highest BCUT2D eigenvalue weighted by molar-refractivity contribution is 5.23. The summed E-state index contributed by atoms with van der Waals surface area (Å²) in [5.41, 5.74) is 0.994. The Bertz CT molecular complexity index is 226. The van der Waals surface area contributed by atoms with Crippen molar-refractivity contribution in [3.8, 4) is 0 Å². The van der Waals surface area contributed by atoms with Crippen LogP contribution in [0.15, 0.2) is 36.5 Å². The predicted octanol–water partition coefficient (Wildman–Crippen LogP) is 3.21. The molecule has 0 rings (SSSR count). The molecule has 0 heterocycles. The van der Waals surface area contributed by atoms with Gasteiger partial charge in [-0.05, 0) is 12.5 Å². The lowest BCUT2D eigenvalue weighted by atomic mass is 10.2. The molecule has 0 aromatic heterocycles. The first kappa shape index (κ1) is 12.0. The second kappa shape index (κ2) is 4.87. The SMILES string of the molecule is C=C(C)/C=C\C(=C)COC(F)(F)F. The van der Waals surface area contributed by atoms with Gasteiger partial charge in [-0.15, -0.1) is 13.2 Å². The zero-order valence-electron chi connectivity index (χ0n) is 7.32. The van der Waals surface area contributed by atoms with Crippen LogP contribution in [-0.2, 0) is 4.74 Å². The average Bonchev–Trinajstić information content (AvgIpc) is 1.95. The largest absolute Gasteiger partial charge is 0.522 e. The van der Waals surface area contributed by atoms with Gasteiger partial charge in [-0.25, -0.2) is 0 Å². The van der Waals surface area contributed by atoms with E-state index in [9.17, 15) is 13.2 Å². The predicted molar refractivity (Wildman–Crippen MR) is 45.1 cm³/mol. The van der Waals surface area contributed by atoms with Gasteiger partial charge in [0.25, 0.3) is 0 Å². The summed E-state index contributed by atoms with van der Waals surface area (Å²) in [7, 11) is 0. The van der Waals surface area contributed by atoms with Crippen LogP contribution in [0.2, 0.25) is 0 Å². The molecular formula is C9H11F3O. The van der Waals surface area contributed by atoms with Crippen molar-refractivity contribution in [3.63, 3.8) is 0 Å². The maximum absolute atomic E-state index is 11.5. The first-order valence-electron chi connectivity index (χ1n) is 3.53. The summed E-state index contributed by atoms with van der Waals surface area (Å²) in [6.07, 6.45) is -1.59. The molecule has 13 heavy (non-hydrogen) atoms. The molecule has 1 nitrogen and oxygen atoms in total. The summed E-state index contributed by atoms with van der Waals surface area (Å²) in [6.45, 7) is 8.10. The van der Waals surface area contributed by atoms with E-state index in [4.69, 9.17) is 0 Å². The van der Waals surface area contributed by atoms with Crippen LogP contribution in [0.4, 0.5) is 13.2 Å². The molecule has 0 aliphatic carbocycles. The standard InChI is InChI=1S/C9H11F3O/c1-7(2)4-5-8(3)6-13-9(10,11)12/h4-5H,1,3,6H2,2H3/b5-4-. The Hall–Kier alpha value is -1.03. The van der Waals surface area contributed by atoms with Gasteiger partial charge < -0.3 is 0 Å². The lowest BCUT2D eigenvalue weighted by molar-refractivity contribution is -0.320. The van der Waals surface area contributed by atoms with Gasteiger partial charge in [0, 0.05) is 0 Å². The third kappa shape index (κ3) is 8.88. The molecule has 0 amide bonds. The van der Waals surface area contributed by atoms with E-state index in [0.717, 1.165) is 5.57 Å². The molecule has 0 aliphatic rings. The van der Waals surface area contributed by atoms with E-state index in [2.05, 4.69) is 17.9 Å². The molecule has 0 N–H and O–H groups in total. The molecule has 0 saturated heterocycles. The Morgan fingerprint density at radius 3 is 2.23 bits per heavy atom. The second-order valence-corrected chi connectivity index (χ2v) is 2.57. The minimum atomic E-state index is -4.60.